The Kier molecular flexibility index (Phi) is 8.29. The number of benzene rings is 2. The number of carbonyl (C=O) groups excluding carboxylic acids is 1. The molecule has 2 aromatic carbocycles. The molecule has 0 spiro atoms. The molecule has 0 saturated carbocycles. The number of nitrogens with one attached hydrogen (secondary N) is 1. The first-order valence-electron chi connectivity index (χ1n) is 14.9. The molecule has 0 aliphatic carbocycles. The van der Waals surface area contributed by atoms with E-state index in [2.05, 4.69) is 15.3 Å². The van der Waals surface area contributed by atoms with Crippen LogP contribution in [0.15, 0.2) is 39.7 Å². The molecule has 44 heavy (non-hydrogen) atoms. The summed E-state index contributed by atoms with van der Waals surface area (Å²) < 4.78 is 18.9. The zero-order valence-corrected chi connectivity index (χ0v) is 27.8. The van der Waals surface area contributed by atoms with Gasteiger partial charge in [-0.1, -0.05) is 32.0 Å². The Morgan fingerprint density at radius 1 is 1.00 bits per heavy atom. The highest BCUT2D eigenvalue weighted by Gasteiger charge is 2.52. The van der Waals surface area contributed by atoms with E-state index in [0.29, 0.717) is 55.8 Å². The number of anilines is 1. The van der Waals surface area contributed by atoms with Gasteiger partial charge in [-0.15, -0.1) is 0 Å². The van der Waals surface area contributed by atoms with Gasteiger partial charge in [-0.05, 0) is 89.6 Å². The second-order valence-corrected chi connectivity index (χ2v) is 13.4. The number of carbonyl (C=O) groups is 1. The number of aromatic nitrogens is 2. The van der Waals surface area contributed by atoms with Crippen molar-refractivity contribution in [1.82, 2.24) is 9.97 Å². The highest BCUT2D eigenvalue weighted by atomic mass is 35.5. The smallest absolute Gasteiger partial charge is 0.460 e. The molecular formula is C34H39BClN3O5. The summed E-state index contributed by atoms with van der Waals surface area (Å²) >= 11 is 6.31. The molecule has 10 heteroatoms. The van der Waals surface area contributed by atoms with Crippen LogP contribution in [0.1, 0.15) is 98.8 Å². The predicted molar refractivity (Wildman–Crippen MR) is 176 cm³/mol. The van der Waals surface area contributed by atoms with Gasteiger partial charge in [0.2, 0.25) is 5.28 Å². The van der Waals surface area contributed by atoms with Crippen molar-refractivity contribution in [2.75, 3.05) is 5.32 Å². The molecular weight excluding hydrogens is 577 g/mol. The number of aldehydes is 1. The van der Waals surface area contributed by atoms with Crippen LogP contribution in [0, 0.1) is 20.8 Å². The fourth-order valence-corrected chi connectivity index (χ4v) is 5.91. The van der Waals surface area contributed by atoms with Gasteiger partial charge < -0.3 is 19.0 Å². The van der Waals surface area contributed by atoms with Crippen molar-refractivity contribution in [3.63, 3.8) is 0 Å². The third kappa shape index (κ3) is 5.46. The highest BCUT2D eigenvalue weighted by molar-refractivity contribution is 6.63. The van der Waals surface area contributed by atoms with Crippen LogP contribution in [-0.4, -0.2) is 34.6 Å². The maximum atomic E-state index is 13.3. The molecule has 1 N–H and O–H groups in total. The number of rotatable bonds is 7. The summed E-state index contributed by atoms with van der Waals surface area (Å²) in [6, 6.07) is 7.33. The summed E-state index contributed by atoms with van der Waals surface area (Å²) in [5, 5.41) is 4.15. The Labute approximate surface area is 263 Å². The zero-order chi connectivity index (χ0) is 32.3. The topological polar surface area (TPSA) is 104 Å². The van der Waals surface area contributed by atoms with Crippen molar-refractivity contribution in [1.29, 1.82) is 0 Å². The Balaban J connectivity index is 1.59. The molecule has 1 fully saturated rings. The third-order valence-electron chi connectivity index (χ3n) is 8.98. The molecule has 8 nitrogen and oxygen atoms in total. The van der Waals surface area contributed by atoms with Gasteiger partial charge in [0.05, 0.1) is 40.2 Å². The molecule has 1 aliphatic rings. The minimum Gasteiger partial charge on any atom is -0.460 e. The number of halogens is 1. The second-order valence-electron chi connectivity index (χ2n) is 13.0. The number of fused-ring (bicyclic) bond motifs is 1. The minimum absolute atomic E-state index is 0.0262. The first-order valence-corrected chi connectivity index (χ1v) is 15.3. The molecule has 0 bridgehead atoms. The van der Waals surface area contributed by atoms with Crippen LogP contribution < -0.4 is 16.2 Å². The van der Waals surface area contributed by atoms with Crippen molar-refractivity contribution < 1.29 is 18.5 Å². The summed E-state index contributed by atoms with van der Waals surface area (Å²) in [5.74, 6) is 0.727. The molecule has 1 saturated heterocycles. The van der Waals surface area contributed by atoms with Crippen LogP contribution in [0.25, 0.3) is 22.2 Å². The van der Waals surface area contributed by atoms with Crippen molar-refractivity contribution in [3.8, 4) is 11.3 Å². The normalized spacial score (nSPS) is 16.5. The van der Waals surface area contributed by atoms with Crippen LogP contribution in [0.3, 0.4) is 0 Å². The van der Waals surface area contributed by atoms with E-state index in [1.165, 1.54) is 0 Å². The Hall–Kier alpha value is -3.53. The lowest BCUT2D eigenvalue weighted by Crippen LogP contribution is -2.41. The van der Waals surface area contributed by atoms with Gasteiger partial charge in [0.1, 0.15) is 17.6 Å². The first-order chi connectivity index (χ1) is 20.6. The summed E-state index contributed by atoms with van der Waals surface area (Å²) in [4.78, 5) is 34.7. The monoisotopic (exact) mass is 615 g/mol. The van der Waals surface area contributed by atoms with Crippen molar-refractivity contribution in [2.24, 2.45) is 0 Å². The Morgan fingerprint density at radius 2 is 1.66 bits per heavy atom. The van der Waals surface area contributed by atoms with Crippen molar-refractivity contribution >= 4 is 47.1 Å². The molecule has 0 radical (unpaired) electrons. The summed E-state index contributed by atoms with van der Waals surface area (Å²) in [6.45, 7) is 19.6. The lowest BCUT2D eigenvalue weighted by Gasteiger charge is -2.32. The van der Waals surface area contributed by atoms with E-state index in [1.54, 1.807) is 6.20 Å². The lowest BCUT2D eigenvalue weighted by molar-refractivity contribution is 0.00578. The third-order valence-corrected chi connectivity index (χ3v) is 9.16. The van der Waals surface area contributed by atoms with Crippen LogP contribution in [0.5, 0.6) is 0 Å². The molecule has 1 unspecified atom stereocenters. The maximum absolute atomic E-state index is 13.3. The van der Waals surface area contributed by atoms with E-state index in [1.807, 2.05) is 93.5 Å². The average molecular weight is 616 g/mol. The summed E-state index contributed by atoms with van der Waals surface area (Å²) in [7, 11) is -0.692. The molecule has 1 atom stereocenters. The van der Waals surface area contributed by atoms with E-state index >= 15 is 0 Å². The molecule has 2 aromatic heterocycles. The summed E-state index contributed by atoms with van der Waals surface area (Å²) in [5.41, 5.74) is 5.53. The van der Waals surface area contributed by atoms with Crippen LogP contribution >= 0.6 is 11.6 Å². The molecule has 0 amide bonds. The fourth-order valence-electron chi connectivity index (χ4n) is 5.78. The Bertz CT molecular complexity index is 1830. The zero-order valence-electron chi connectivity index (χ0n) is 27.0. The van der Waals surface area contributed by atoms with E-state index in [9.17, 15) is 9.59 Å². The SMILES string of the molecule is Cc1cc(C(C)Nc2cnc(Cl)nc2-c2ccc(B3OC(C)(C)C(C)(C)O3)c(C=O)c2C)c2oc(C(C)C)c(C)c(=O)c2c1. The van der Waals surface area contributed by atoms with Crippen molar-refractivity contribution in [2.45, 2.75) is 92.4 Å². The van der Waals surface area contributed by atoms with E-state index in [-0.39, 0.29) is 22.7 Å². The summed E-state index contributed by atoms with van der Waals surface area (Å²) in [6.07, 6.45) is 2.45. The molecule has 230 valence electrons. The first kappa shape index (κ1) is 31.9. The predicted octanol–water partition coefficient (Wildman–Crippen LogP) is 7.24. The van der Waals surface area contributed by atoms with Gasteiger partial charge in [0.15, 0.2) is 5.43 Å². The van der Waals surface area contributed by atoms with Gasteiger partial charge in [-0.3, -0.25) is 9.59 Å². The van der Waals surface area contributed by atoms with Gasteiger partial charge in [-0.2, -0.15) is 0 Å². The van der Waals surface area contributed by atoms with Gasteiger partial charge in [0, 0.05) is 28.2 Å². The van der Waals surface area contributed by atoms with Crippen LogP contribution in [0.4, 0.5) is 5.69 Å². The van der Waals surface area contributed by atoms with Crippen LogP contribution in [-0.2, 0) is 9.31 Å². The number of nitrogens with zero attached hydrogens (tertiary/aromatic N) is 2. The second kappa shape index (κ2) is 11.4. The quantitative estimate of drug-likeness (QED) is 0.132. The number of aryl methyl sites for hydroxylation is 1. The average Bonchev–Trinajstić information content (AvgIpc) is 3.17. The maximum Gasteiger partial charge on any atom is 0.495 e. The Morgan fingerprint density at radius 3 is 2.27 bits per heavy atom. The van der Waals surface area contributed by atoms with Gasteiger partial charge in [0.25, 0.3) is 0 Å². The van der Waals surface area contributed by atoms with Gasteiger partial charge >= 0.3 is 7.12 Å². The molecule has 1 aliphatic heterocycles. The molecule has 4 aromatic rings. The lowest BCUT2D eigenvalue weighted by atomic mass is 9.74. The van der Waals surface area contributed by atoms with Crippen molar-refractivity contribution in [3.05, 3.63) is 79.5 Å². The minimum atomic E-state index is -0.692. The number of hydrogen-bond acceptors (Lipinski definition) is 8. The largest absolute Gasteiger partial charge is 0.495 e. The van der Waals surface area contributed by atoms with E-state index < -0.39 is 18.3 Å². The highest BCUT2D eigenvalue weighted by Crippen LogP contribution is 2.38. The fraction of sp³-hybridized carbons (Fsp3) is 0.412. The van der Waals surface area contributed by atoms with E-state index in [4.69, 9.17) is 25.3 Å². The standard InChI is InChI=1S/C34H39BClN3O5/c1-17(2)30-20(5)29(41)24-14-18(3)13-23(31(24)42-30)21(6)38-27-15-37-32(36)39-28(27)22-11-12-26(25(16-40)19(22)4)35-43-33(7,8)34(9,10)44-35/h11-17,21,38H,1-10H3. The molecule has 5 rings (SSSR count). The van der Waals surface area contributed by atoms with Crippen LogP contribution in [0.2, 0.25) is 5.28 Å². The number of hydrogen-bond donors (Lipinski definition) is 1. The van der Waals surface area contributed by atoms with Gasteiger partial charge in [-0.25, -0.2) is 9.97 Å². The molecule has 3 heterocycles. The van der Waals surface area contributed by atoms with E-state index in [0.717, 1.165) is 17.4 Å².